The molecule has 4 nitrogen and oxygen atoms in total. The molecule has 0 bridgehead atoms. The van der Waals surface area contributed by atoms with E-state index in [9.17, 15) is 8.42 Å². The van der Waals surface area contributed by atoms with Crippen LogP contribution < -0.4 is 10.5 Å². The van der Waals surface area contributed by atoms with Crippen molar-refractivity contribution in [1.82, 2.24) is 0 Å². The minimum absolute atomic E-state index is 0.429. The molecule has 0 radical (unpaired) electrons. The Bertz CT molecular complexity index is 487. The molecular weight excluding hydrogens is 224 g/mol. The molecule has 0 aliphatic carbocycles. The molecule has 0 amide bonds. The van der Waals surface area contributed by atoms with E-state index in [1.807, 2.05) is 13.0 Å². The summed E-state index contributed by atoms with van der Waals surface area (Å²) in [4.78, 5) is 0. The second kappa shape index (κ2) is 3.97. The number of rotatable bonds is 2. The summed E-state index contributed by atoms with van der Waals surface area (Å²) < 4.78 is 25.5. The first-order chi connectivity index (χ1) is 7.13. The topological polar surface area (TPSA) is 72.2 Å². The van der Waals surface area contributed by atoms with Crippen molar-refractivity contribution in [2.45, 2.75) is 32.4 Å². The van der Waals surface area contributed by atoms with Crippen LogP contribution in [0.1, 0.15) is 26.3 Å². The van der Waals surface area contributed by atoms with E-state index < -0.39 is 14.8 Å². The second-order valence-corrected chi connectivity index (χ2v) is 7.24. The molecular formula is C11H18N2O2S. The maximum Gasteiger partial charge on any atom is 0.237 e. The number of hydrogen-bond acceptors (Lipinski definition) is 3. The van der Waals surface area contributed by atoms with E-state index in [2.05, 4.69) is 4.72 Å². The van der Waals surface area contributed by atoms with Crippen molar-refractivity contribution in [3.8, 4) is 0 Å². The normalized spacial score (nSPS) is 12.5. The molecule has 1 aromatic carbocycles. The van der Waals surface area contributed by atoms with Crippen LogP contribution in [0.3, 0.4) is 0 Å². The predicted molar refractivity (Wildman–Crippen MR) is 67.9 cm³/mol. The predicted octanol–water partition coefficient (Wildman–Crippen LogP) is 2.12. The van der Waals surface area contributed by atoms with Crippen LogP contribution in [0.2, 0.25) is 0 Å². The van der Waals surface area contributed by atoms with Gasteiger partial charge in [0.1, 0.15) is 0 Å². The van der Waals surface area contributed by atoms with Crippen LogP contribution in [-0.2, 0) is 10.0 Å². The summed E-state index contributed by atoms with van der Waals surface area (Å²) in [5.74, 6) is 0. The molecule has 0 fully saturated rings. The lowest BCUT2D eigenvalue weighted by Crippen LogP contribution is -2.33. The third-order valence-electron chi connectivity index (χ3n) is 2.26. The third kappa shape index (κ3) is 2.66. The maximum absolute atomic E-state index is 11.9. The molecule has 0 atom stereocenters. The van der Waals surface area contributed by atoms with Gasteiger partial charge < -0.3 is 5.73 Å². The van der Waals surface area contributed by atoms with Crippen LogP contribution in [0, 0.1) is 6.92 Å². The Hall–Kier alpha value is -1.23. The zero-order valence-electron chi connectivity index (χ0n) is 10.0. The molecule has 0 saturated carbocycles. The SMILES string of the molecule is Cc1ccc(N)c(NS(=O)(=O)C(C)(C)C)c1. The van der Waals surface area contributed by atoms with E-state index in [0.717, 1.165) is 5.56 Å². The van der Waals surface area contributed by atoms with E-state index in [1.54, 1.807) is 32.9 Å². The van der Waals surface area contributed by atoms with Gasteiger partial charge in [0.05, 0.1) is 16.1 Å². The molecule has 0 aromatic heterocycles. The van der Waals surface area contributed by atoms with Gasteiger partial charge in [-0.2, -0.15) is 0 Å². The second-order valence-electron chi connectivity index (χ2n) is 4.81. The third-order valence-corrected chi connectivity index (χ3v) is 4.36. The van der Waals surface area contributed by atoms with E-state index in [4.69, 9.17) is 5.73 Å². The number of hydrogen-bond donors (Lipinski definition) is 2. The quantitative estimate of drug-likeness (QED) is 0.780. The van der Waals surface area contributed by atoms with Gasteiger partial charge in [-0.15, -0.1) is 0 Å². The summed E-state index contributed by atoms with van der Waals surface area (Å²) >= 11 is 0. The summed E-state index contributed by atoms with van der Waals surface area (Å²) in [5, 5.41) is 0. The lowest BCUT2D eigenvalue weighted by atomic mass is 10.2. The molecule has 16 heavy (non-hydrogen) atoms. The van der Waals surface area contributed by atoms with Crippen molar-refractivity contribution in [1.29, 1.82) is 0 Å². The van der Waals surface area contributed by atoms with Crippen LogP contribution in [0.25, 0.3) is 0 Å². The van der Waals surface area contributed by atoms with Crippen LogP contribution in [-0.4, -0.2) is 13.2 Å². The van der Waals surface area contributed by atoms with E-state index in [0.29, 0.717) is 11.4 Å². The van der Waals surface area contributed by atoms with Gasteiger partial charge in [-0.1, -0.05) is 6.07 Å². The lowest BCUT2D eigenvalue weighted by molar-refractivity contribution is 0.566. The molecule has 0 unspecified atom stereocenters. The van der Waals surface area contributed by atoms with Gasteiger partial charge in [0.2, 0.25) is 10.0 Å². The molecule has 3 N–H and O–H groups in total. The molecule has 1 rings (SSSR count). The minimum atomic E-state index is -3.42. The van der Waals surface area contributed by atoms with Crippen molar-refractivity contribution in [3.05, 3.63) is 23.8 Å². The molecule has 0 saturated heterocycles. The fourth-order valence-corrected chi connectivity index (χ4v) is 1.83. The van der Waals surface area contributed by atoms with Gasteiger partial charge in [0, 0.05) is 0 Å². The molecule has 0 aliphatic heterocycles. The van der Waals surface area contributed by atoms with Gasteiger partial charge in [-0.25, -0.2) is 8.42 Å². The number of benzene rings is 1. The zero-order chi connectivity index (χ0) is 12.6. The highest BCUT2D eigenvalue weighted by Gasteiger charge is 2.29. The monoisotopic (exact) mass is 242 g/mol. The maximum atomic E-state index is 11.9. The van der Waals surface area contributed by atoms with Crippen molar-refractivity contribution >= 4 is 21.4 Å². The molecule has 1 aromatic rings. The standard InChI is InChI=1S/C11H18N2O2S/c1-8-5-6-9(12)10(7-8)13-16(14,15)11(2,3)4/h5-7,13H,12H2,1-4H3. The van der Waals surface area contributed by atoms with Gasteiger partial charge in [-0.3, -0.25) is 4.72 Å². The smallest absolute Gasteiger partial charge is 0.237 e. The van der Waals surface area contributed by atoms with Crippen LogP contribution in [0.4, 0.5) is 11.4 Å². The van der Waals surface area contributed by atoms with Gasteiger partial charge in [0.25, 0.3) is 0 Å². The molecule has 90 valence electrons. The van der Waals surface area contributed by atoms with E-state index >= 15 is 0 Å². The first kappa shape index (κ1) is 12.8. The highest BCUT2D eigenvalue weighted by Crippen LogP contribution is 2.24. The van der Waals surface area contributed by atoms with Gasteiger partial charge in [-0.05, 0) is 45.4 Å². The minimum Gasteiger partial charge on any atom is -0.397 e. The summed E-state index contributed by atoms with van der Waals surface area (Å²) in [6, 6.07) is 5.25. The summed E-state index contributed by atoms with van der Waals surface area (Å²) in [6.45, 7) is 6.80. The number of sulfonamides is 1. The Kier molecular flexibility index (Phi) is 3.19. The van der Waals surface area contributed by atoms with Gasteiger partial charge >= 0.3 is 0 Å². The van der Waals surface area contributed by atoms with Crippen molar-refractivity contribution in [2.75, 3.05) is 10.5 Å². The van der Waals surface area contributed by atoms with E-state index in [-0.39, 0.29) is 0 Å². The van der Waals surface area contributed by atoms with Crippen molar-refractivity contribution < 1.29 is 8.42 Å². The Balaban J connectivity index is 3.11. The average Bonchev–Trinajstić information content (AvgIpc) is 2.09. The summed E-state index contributed by atoms with van der Waals surface area (Å²) in [6.07, 6.45) is 0. The summed E-state index contributed by atoms with van der Waals surface area (Å²) in [7, 11) is -3.42. The number of nitrogens with one attached hydrogen (secondary N) is 1. The fourth-order valence-electron chi connectivity index (χ4n) is 1.06. The van der Waals surface area contributed by atoms with Crippen LogP contribution in [0.5, 0.6) is 0 Å². The highest BCUT2D eigenvalue weighted by molar-refractivity contribution is 7.94. The Morgan fingerprint density at radius 3 is 2.31 bits per heavy atom. The molecule has 0 spiro atoms. The number of anilines is 2. The first-order valence-electron chi connectivity index (χ1n) is 5.02. The Morgan fingerprint density at radius 2 is 1.81 bits per heavy atom. The van der Waals surface area contributed by atoms with Crippen molar-refractivity contribution in [3.63, 3.8) is 0 Å². The molecule has 0 aliphatic rings. The van der Waals surface area contributed by atoms with E-state index in [1.165, 1.54) is 0 Å². The van der Waals surface area contributed by atoms with Gasteiger partial charge in [0.15, 0.2) is 0 Å². The number of nitrogens with two attached hydrogens (primary N) is 1. The largest absolute Gasteiger partial charge is 0.397 e. The molecule has 0 heterocycles. The van der Waals surface area contributed by atoms with Crippen molar-refractivity contribution in [2.24, 2.45) is 0 Å². The number of nitrogen functional groups attached to an aromatic ring is 1. The Morgan fingerprint density at radius 1 is 1.25 bits per heavy atom. The Labute approximate surface area is 96.9 Å². The summed E-state index contributed by atoms with van der Waals surface area (Å²) in [5.41, 5.74) is 7.54. The lowest BCUT2D eigenvalue weighted by Gasteiger charge is -2.21. The number of aryl methyl sites for hydroxylation is 1. The highest BCUT2D eigenvalue weighted by atomic mass is 32.2. The zero-order valence-corrected chi connectivity index (χ0v) is 10.9. The molecule has 5 heteroatoms. The fraction of sp³-hybridized carbons (Fsp3) is 0.455. The van der Waals surface area contributed by atoms with Crippen LogP contribution >= 0.6 is 0 Å². The first-order valence-corrected chi connectivity index (χ1v) is 6.50. The van der Waals surface area contributed by atoms with Crippen LogP contribution in [0.15, 0.2) is 18.2 Å². The average molecular weight is 242 g/mol.